The number of carbonyl (C=O) groups excluding carboxylic acids is 2. The molecule has 0 heterocycles. The van der Waals surface area contributed by atoms with E-state index in [9.17, 15) is 9.59 Å². The minimum Gasteiger partial charge on any atom is -0.366 e. The zero-order chi connectivity index (χ0) is 18.4. The van der Waals surface area contributed by atoms with Gasteiger partial charge in [-0.1, -0.05) is 50.1 Å². The molecule has 125 valence electrons. The summed E-state index contributed by atoms with van der Waals surface area (Å²) in [5, 5.41) is 1.72. The lowest BCUT2D eigenvalue weighted by Crippen LogP contribution is -2.10. The van der Waals surface area contributed by atoms with Gasteiger partial charge in [-0.2, -0.15) is 0 Å². The highest BCUT2D eigenvalue weighted by molar-refractivity contribution is 6.02. The third kappa shape index (κ3) is 3.59. The first-order valence-corrected chi connectivity index (χ1v) is 8.03. The van der Waals surface area contributed by atoms with E-state index in [-0.39, 0.29) is 1.43 Å². The lowest BCUT2D eigenvalue weighted by molar-refractivity contribution is 0.1000. The van der Waals surface area contributed by atoms with Crippen LogP contribution in [0.1, 0.15) is 41.6 Å². The number of hydrogen-bond acceptors (Lipinski definition) is 2. The van der Waals surface area contributed by atoms with E-state index < -0.39 is 5.91 Å². The van der Waals surface area contributed by atoms with Crippen LogP contribution in [0.25, 0.3) is 21.9 Å². The first kappa shape index (κ1) is 18.0. The van der Waals surface area contributed by atoms with Gasteiger partial charge in [-0.3, -0.25) is 9.59 Å². The summed E-state index contributed by atoms with van der Waals surface area (Å²) in [5.41, 5.74) is 8.70. The van der Waals surface area contributed by atoms with Crippen LogP contribution in [-0.2, 0) is 0 Å². The summed E-state index contributed by atoms with van der Waals surface area (Å²) >= 11 is 0. The van der Waals surface area contributed by atoms with Crippen molar-refractivity contribution in [3.8, 4) is 23.5 Å². The van der Waals surface area contributed by atoms with E-state index in [4.69, 9.17) is 12.2 Å². The fourth-order valence-corrected chi connectivity index (χ4v) is 2.64. The lowest BCUT2D eigenvalue weighted by Gasteiger charge is -2.08. The van der Waals surface area contributed by atoms with Crippen LogP contribution in [0.5, 0.6) is 0 Å². The Bertz CT molecular complexity index is 987. The summed E-state index contributed by atoms with van der Waals surface area (Å²) in [5.74, 6) is 2.06. The fraction of sp³-hybridized carbons (Fsp3) is 0.0909. The number of primary amides is 1. The van der Waals surface area contributed by atoms with Crippen LogP contribution in [-0.4, -0.2) is 12.2 Å². The molecule has 0 spiro atoms. The Balaban J connectivity index is 0.00000109. The fourth-order valence-electron chi connectivity index (χ4n) is 2.64. The Morgan fingerprint density at radius 1 is 1.08 bits per heavy atom. The van der Waals surface area contributed by atoms with Crippen molar-refractivity contribution in [1.29, 1.82) is 0 Å². The van der Waals surface area contributed by atoms with Gasteiger partial charge in [0.25, 0.3) is 0 Å². The number of benzene rings is 3. The van der Waals surface area contributed by atoms with Gasteiger partial charge in [-0.05, 0) is 46.2 Å². The molecule has 0 aliphatic carbocycles. The molecule has 3 nitrogen and oxygen atoms in total. The molecule has 0 unspecified atom stereocenters. The van der Waals surface area contributed by atoms with Gasteiger partial charge < -0.3 is 5.73 Å². The Labute approximate surface area is 149 Å². The molecule has 3 heteroatoms. The average molecular weight is 330 g/mol. The van der Waals surface area contributed by atoms with Crippen LogP contribution >= 0.6 is 0 Å². The average Bonchev–Trinajstić information content (AvgIpc) is 2.68. The number of aldehydes is 1. The van der Waals surface area contributed by atoms with Crippen molar-refractivity contribution in [2.75, 3.05) is 0 Å². The third-order valence-electron chi connectivity index (χ3n) is 3.82. The first-order valence-electron chi connectivity index (χ1n) is 8.03. The molecule has 3 aromatic carbocycles. The summed E-state index contributed by atoms with van der Waals surface area (Å²) in [6, 6.07) is 16.5. The predicted molar refractivity (Wildman–Crippen MR) is 104 cm³/mol. The maximum absolute atomic E-state index is 11.3. The lowest BCUT2D eigenvalue weighted by atomic mass is 9.95. The normalized spacial score (nSPS) is 9.64. The summed E-state index contributed by atoms with van der Waals surface area (Å²) in [4.78, 5) is 22.6. The Morgan fingerprint density at radius 2 is 1.80 bits per heavy atom. The van der Waals surface area contributed by atoms with Crippen molar-refractivity contribution in [3.63, 3.8) is 0 Å². The van der Waals surface area contributed by atoms with Crippen molar-refractivity contribution >= 4 is 23.0 Å². The topological polar surface area (TPSA) is 60.2 Å². The van der Waals surface area contributed by atoms with Crippen molar-refractivity contribution < 1.29 is 11.0 Å². The number of hydrogen-bond donors (Lipinski definition) is 1. The summed E-state index contributed by atoms with van der Waals surface area (Å²) in [7, 11) is 0. The van der Waals surface area contributed by atoms with E-state index in [0.717, 1.165) is 28.2 Å². The number of fused-ring (bicyclic) bond motifs is 1. The van der Waals surface area contributed by atoms with Gasteiger partial charge in [0, 0.05) is 18.1 Å². The number of terminal acetylenes is 1. The maximum atomic E-state index is 11.3. The molecule has 25 heavy (non-hydrogen) atoms. The zero-order valence-electron chi connectivity index (χ0n) is 15.2. The SMILES string of the molecule is C#Cc1ccc2cc(-c3cccc(C(N)=O)c3)ccc2c1C=O.CC.[H]. The highest BCUT2D eigenvalue weighted by Crippen LogP contribution is 2.28. The molecule has 3 aromatic rings. The number of rotatable bonds is 3. The van der Waals surface area contributed by atoms with Crippen molar-refractivity contribution in [3.05, 3.63) is 71.3 Å². The molecule has 0 saturated heterocycles. The monoisotopic (exact) mass is 330 g/mol. The molecule has 2 N–H and O–H groups in total. The van der Waals surface area contributed by atoms with E-state index in [1.54, 1.807) is 24.3 Å². The second kappa shape index (κ2) is 7.94. The largest absolute Gasteiger partial charge is 0.366 e. The minimum atomic E-state index is -0.463. The summed E-state index contributed by atoms with van der Waals surface area (Å²) in [6.45, 7) is 4.00. The Hall–Kier alpha value is -3.38. The van der Waals surface area contributed by atoms with Crippen LogP contribution < -0.4 is 5.73 Å². The maximum Gasteiger partial charge on any atom is 0.248 e. The van der Waals surface area contributed by atoms with Gasteiger partial charge in [0.1, 0.15) is 0 Å². The predicted octanol–water partition coefficient (Wildman–Crippen LogP) is 4.54. The molecule has 0 saturated carbocycles. The van der Waals surface area contributed by atoms with E-state index >= 15 is 0 Å². The standard InChI is InChI=1S/C20H13NO2.C2H6.H/c1-2-13-6-7-16-10-15(8-9-18(16)19(13)12-22)14-4-3-5-17(11-14)20(21)23;1-2;/h1,3-12H,(H2,21,23);1-2H3;. The van der Waals surface area contributed by atoms with Crippen LogP contribution in [0, 0.1) is 12.3 Å². The highest BCUT2D eigenvalue weighted by Gasteiger charge is 2.08. The quantitative estimate of drug-likeness (QED) is 0.566. The molecule has 1 radical (unpaired) electrons. The van der Waals surface area contributed by atoms with E-state index in [1.165, 1.54) is 0 Å². The van der Waals surface area contributed by atoms with E-state index in [2.05, 4.69) is 5.92 Å². The van der Waals surface area contributed by atoms with Gasteiger partial charge in [0.15, 0.2) is 6.29 Å². The van der Waals surface area contributed by atoms with Crippen LogP contribution in [0.3, 0.4) is 0 Å². The van der Waals surface area contributed by atoms with Crippen LogP contribution in [0.4, 0.5) is 0 Å². The molecule has 0 aromatic heterocycles. The first-order chi connectivity index (χ1) is 12.1. The zero-order valence-corrected chi connectivity index (χ0v) is 14.2. The summed E-state index contributed by atoms with van der Waals surface area (Å²) in [6.07, 6.45) is 6.21. The van der Waals surface area contributed by atoms with Crippen LogP contribution in [0.2, 0.25) is 0 Å². The molecular weight excluding hydrogens is 310 g/mol. The summed E-state index contributed by atoms with van der Waals surface area (Å²) < 4.78 is 0. The van der Waals surface area contributed by atoms with Crippen molar-refractivity contribution in [2.24, 2.45) is 5.73 Å². The highest BCUT2D eigenvalue weighted by atomic mass is 16.1. The van der Waals surface area contributed by atoms with Gasteiger partial charge in [0.05, 0.1) is 0 Å². The van der Waals surface area contributed by atoms with Crippen molar-refractivity contribution in [2.45, 2.75) is 13.8 Å². The van der Waals surface area contributed by atoms with Gasteiger partial charge in [0.2, 0.25) is 5.91 Å². The molecule has 0 fully saturated rings. The van der Waals surface area contributed by atoms with E-state index in [1.807, 2.05) is 44.2 Å². The van der Waals surface area contributed by atoms with Gasteiger partial charge >= 0.3 is 0 Å². The molecule has 0 bridgehead atoms. The van der Waals surface area contributed by atoms with Crippen LogP contribution in [0.15, 0.2) is 54.6 Å². The van der Waals surface area contributed by atoms with Crippen molar-refractivity contribution in [1.82, 2.24) is 0 Å². The van der Waals surface area contributed by atoms with Gasteiger partial charge in [-0.25, -0.2) is 0 Å². The Kier molecular flexibility index (Phi) is 5.71. The van der Waals surface area contributed by atoms with Gasteiger partial charge in [-0.15, -0.1) is 6.42 Å². The smallest absolute Gasteiger partial charge is 0.248 e. The van der Waals surface area contributed by atoms with E-state index in [0.29, 0.717) is 16.7 Å². The molecular formula is C22H20NO2. The molecule has 0 aliphatic rings. The third-order valence-corrected chi connectivity index (χ3v) is 3.82. The number of amides is 1. The molecule has 1 amide bonds. The molecule has 0 aliphatic heterocycles. The second-order valence-corrected chi connectivity index (χ2v) is 5.17. The second-order valence-electron chi connectivity index (χ2n) is 5.17. The minimum absolute atomic E-state index is 0. The number of nitrogens with two attached hydrogens (primary N) is 1. The number of carbonyl (C=O) groups is 2. The Morgan fingerprint density at radius 3 is 2.44 bits per heavy atom. The molecule has 3 rings (SSSR count). The molecule has 0 atom stereocenters.